The van der Waals surface area contributed by atoms with Gasteiger partial charge in [-0.15, -0.1) is 0 Å². The topological polar surface area (TPSA) is 53.7 Å². The maximum Gasteiger partial charge on any atom is 0.131 e. The summed E-state index contributed by atoms with van der Waals surface area (Å²) in [5.41, 5.74) is 7.60. The Morgan fingerprint density at radius 2 is 0.862 bits per heavy atom. The molecular weight excluding hydrogens is 362 g/mol. The van der Waals surface area contributed by atoms with Crippen molar-refractivity contribution in [3.05, 3.63) is 103 Å². The first-order valence-electron chi connectivity index (χ1n) is 9.30. The summed E-state index contributed by atoms with van der Waals surface area (Å²) in [6.07, 6.45) is 0. The van der Waals surface area contributed by atoms with Crippen LogP contribution in [0.15, 0.2) is 97.1 Å². The van der Waals surface area contributed by atoms with E-state index in [0.717, 1.165) is 11.5 Å². The molecule has 0 aromatic heterocycles. The molecule has 0 aliphatic carbocycles. The molecule has 0 bridgehead atoms. The van der Waals surface area contributed by atoms with Crippen LogP contribution < -0.4 is 19.9 Å². The summed E-state index contributed by atoms with van der Waals surface area (Å²) in [6, 6.07) is 30.2. The predicted octanol–water partition coefficient (Wildman–Crippen LogP) is 6.95. The van der Waals surface area contributed by atoms with E-state index >= 15 is 0 Å². The van der Waals surface area contributed by atoms with Gasteiger partial charge in [0.05, 0.1) is 0 Å². The van der Waals surface area contributed by atoms with Crippen molar-refractivity contribution >= 4 is 5.69 Å². The molecule has 29 heavy (non-hydrogen) atoms. The van der Waals surface area contributed by atoms with E-state index in [1.807, 2.05) is 91.9 Å². The van der Waals surface area contributed by atoms with E-state index in [4.69, 9.17) is 19.9 Å². The van der Waals surface area contributed by atoms with Gasteiger partial charge >= 0.3 is 0 Å². The Labute approximate surface area is 170 Å². The van der Waals surface area contributed by atoms with Crippen LogP contribution in [0.4, 0.5) is 5.69 Å². The smallest absolute Gasteiger partial charge is 0.131 e. The van der Waals surface area contributed by atoms with Crippen molar-refractivity contribution < 1.29 is 14.2 Å². The van der Waals surface area contributed by atoms with E-state index in [1.165, 1.54) is 5.56 Å². The van der Waals surface area contributed by atoms with Gasteiger partial charge < -0.3 is 19.9 Å². The number of ether oxygens (including phenoxy) is 3. The van der Waals surface area contributed by atoms with Crippen LogP contribution in [0.25, 0.3) is 0 Å². The third-order valence-corrected chi connectivity index (χ3v) is 4.24. The number of nitrogen functional groups attached to an aromatic ring is 1. The van der Waals surface area contributed by atoms with Crippen molar-refractivity contribution in [1.82, 2.24) is 0 Å². The molecule has 144 valence electrons. The van der Waals surface area contributed by atoms with Crippen LogP contribution in [-0.2, 0) is 0 Å². The Balaban J connectivity index is 1.41. The second-order valence-corrected chi connectivity index (χ2v) is 6.63. The van der Waals surface area contributed by atoms with Crippen LogP contribution in [-0.4, -0.2) is 0 Å². The quantitative estimate of drug-likeness (QED) is 0.366. The summed E-state index contributed by atoms with van der Waals surface area (Å²) < 4.78 is 17.6. The number of anilines is 1. The number of hydrogen-bond donors (Lipinski definition) is 1. The normalized spacial score (nSPS) is 10.4. The monoisotopic (exact) mass is 383 g/mol. The van der Waals surface area contributed by atoms with Crippen molar-refractivity contribution in [1.29, 1.82) is 0 Å². The molecule has 2 N–H and O–H groups in total. The third kappa shape index (κ3) is 5.08. The Kier molecular flexibility index (Phi) is 5.34. The van der Waals surface area contributed by atoms with Gasteiger partial charge in [-0.05, 0) is 79.7 Å². The van der Waals surface area contributed by atoms with Crippen molar-refractivity contribution in [2.24, 2.45) is 0 Å². The Morgan fingerprint density at radius 3 is 1.34 bits per heavy atom. The van der Waals surface area contributed by atoms with E-state index < -0.39 is 0 Å². The molecule has 0 aliphatic rings. The highest BCUT2D eigenvalue weighted by molar-refractivity contribution is 5.44. The molecule has 0 saturated heterocycles. The molecule has 4 aromatic carbocycles. The number of nitrogens with two attached hydrogens (primary N) is 1. The lowest BCUT2D eigenvalue weighted by atomic mass is 10.2. The molecule has 4 aromatic rings. The summed E-state index contributed by atoms with van der Waals surface area (Å²) in [5.74, 6) is 4.36. The summed E-state index contributed by atoms with van der Waals surface area (Å²) in [4.78, 5) is 0. The van der Waals surface area contributed by atoms with Crippen LogP contribution in [0.2, 0.25) is 0 Å². The van der Waals surface area contributed by atoms with Crippen LogP contribution >= 0.6 is 0 Å². The number of rotatable bonds is 6. The zero-order valence-electron chi connectivity index (χ0n) is 16.0. The van der Waals surface area contributed by atoms with Crippen molar-refractivity contribution in [2.45, 2.75) is 6.92 Å². The Hall–Kier alpha value is -3.92. The fourth-order valence-corrected chi connectivity index (χ4v) is 2.73. The molecule has 0 unspecified atom stereocenters. The third-order valence-electron chi connectivity index (χ3n) is 4.24. The number of benzene rings is 4. The maximum atomic E-state index is 5.94. The fourth-order valence-electron chi connectivity index (χ4n) is 2.73. The van der Waals surface area contributed by atoms with Crippen LogP contribution in [0, 0.1) is 6.92 Å². The minimum Gasteiger partial charge on any atom is -0.457 e. The van der Waals surface area contributed by atoms with Gasteiger partial charge in [0.15, 0.2) is 0 Å². The van der Waals surface area contributed by atoms with Crippen LogP contribution in [0.1, 0.15) is 5.56 Å². The fraction of sp³-hybridized carbons (Fsp3) is 0.0400. The van der Waals surface area contributed by atoms with E-state index in [9.17, 15) is 0 Å². The average molecular weight is 383 g/mol. The van der Waals surface area contributed by atoms with E-state index in [0.29, 0.717) is 28.7 Å². The van der Waals surface area contributed by atoms with Crippen LogP contribution in [0.5, 0.6) is 34.5 Å². The maximum absolute atomic E-state index is 5.94. The van der Waals surface area contributed by atoms with E-state index in [1.54, 1.807) is 12.1 Å². The van der Waals surface area contributed by atoms with Gasteiger partial charge in [-0.3, -0.25) is 0 Å². The minimum absolute atomic E-state index is 0.685. The first-order chi connectivity index (χ1) is 14.1. The summed E-state index contributed by atoms with van der Waals surface area (Å²) in [6.45, 7) is 2.05. The molecular formula is C25H21NO3. The number of aryl methyl sites for hydroxylation is 1. The zero-order chi connectivity index (χ0) is 20.1. The first-order valence-corrected chi connectivity index (χ1v) is 9.30. The Bertz CT molecular complexity index is 1070. The molecule has 4 rings (SSSR count). The van der Waals surface area contributed by atoms with Crippen molar-refractivity contribution in [2.75, 3.05) is 5.73 Å². The molecule has 0 fully saturated rings. The molecule has 0 atom stereocenters. The second kappa shape index (κ2) is 8.40. The highest BCUT2D eigenvalue weighted by Gasteiger charge is 2.03. The summed E-state index contributed by atoms with van der Waals surface area (Å²) in [5, 5.41) is 0. The second-order valence-electron chi connectivity index (χ2n) is 6.63. The SMILES string of the molecule is Cc1ccc(Oc2ccc(Oc3cccc(Oc4ccc(N)cc4)c3)cc2)cc1. The van der Waals surface area contributed by atoms with Gasteiger partial charge in [-0.25, -0.2) is 0 Å². The highest BCUT2D eigenvalue weighted by atomic mass is 16.5. The number of hydrogen-bond acceptors (Lipinski definition) is 4. The molecule has 0 heterocycles. The van der Waals surface area contributed by atoms with Gasteiger partial charge in [0, 0.05) is 11.8 Å². The molecule has 0 amide bonds. The van der Waals surface area contributed by atoms with Gasteiger partial charge in [0.2, 0.25) is 0 Å². The van der Waals surface area contributed by atoms with Gasteiger partial charge in [-0.1, -0.05) is 23.8 Å². The summed E-state index contributed by atoms with van der Waals surface area (Å²) in [7, 11) is 0. The van der Waals surface area contributed by atoms with E-state index in [2.05, 4.69) is 0 Å². The zero-order valence-corrected chi connectivity index (χ0v) is 16.0. The largest absolute Gasteiger partial charge is 0.457 e. The molecule has 0 radical (unpaired) electrons. The highest BCUT2D eigenvalue weighted by Crippen LogP contribution is 2.30. The lowest BCUT2D eigenvalue weighted by Crippen LogP contribution is -1.89. The van der Waals surface area contributed by atoms with Gasteiger partial charge in [0.25, 0.3) is 0 Å². The Morgan fingerprint density at radius 1 is 0.483 bits per heavy atom. The minimum atomic E-state index is 0.685. The average Bonchev–Trinajstić information content (AvgIpc) is 2.73. The molecule has 0 saturated carbocycles. The molecule has 4 nitrogen and oxygen atoms in total. The van der Waals surface area contributed by atoms with Gasteiger partial charge in [0.1, 0.15) is 34.5 Å². The molecule has 0 aliphatic heterocycles. The summed E-state index contributed by atoms with van der Waals surface area (Å²) >= 11 is 0. The molecule has 4 heteroatoms. The lowest BCUT2D eigenvalue weighted by molar-refractivity contribution is 0.457. The van der Waals surface area contributed by atoms with Gasteiger partial charge in [-0.2, -0.15) is 0 Å². The van der Waals surface area contributed by atoms with Crippen LogP contribution in [0.3, 0.4) is 0 Å². The van der Waals surface area contributed by atoms with Crippen molar-refractivity contribution in [3.63, 3.8) is 0 Å². The standard InChI is InChI=1S/C25H21NO3/c1-18-5-9-20(10-6-18)27-22-13-15-23(16-14-22)29-25-4-2-3-24(17-25)28-21-11-7-19(26)8-12-21/h2-17H,26H2,1H3. The predicted molar refractivity (Wildman–Crippen MR) is 115 cm³/mol. The lowest BCUT2D eigenvalue weighted by Gasteiger charge is -2.10. The van der Waals surface area contributed by atoms with E-state index in [-0.39, 0.29) is 0 Å². The van der Waals surface area contributed by atoms with Crippen molar-refractivity contribution in [3.8, 4) is 34.5 Å². The first kappa shape index (κ1) is 18.4. The molecule has 0 spiro atoms.